The number of carbonyl (C=O) groups is 2. The van der Waals surface area contributed by atoms with Crippen LogP contribution in [0.1, 0.15) is 52.5 Å². The summed E-state index contributed by atoms with van der Waals surface area (Å²) < 4.78 is 11.7. The first-order chi connectivity index (χ1) is 14.1. The second-order valence-electron chi connectivity index (χ2n) is 9.89. The third-order valence-electron chi connectivity index (χ3n) is 6.34. The maximum atomic E-state index is 13.6. The molecule has 1 unspecified atom stereocenters. The Morgan fingerprint density at radius 2 is 1.70 bits per heavy atom. The van der Waals surface area contributed by atoms with Gasteiger partial charge in [-0.3, -0.25) is 4.79 Å². The van der Waals surface area contributed by atoms with Gasteiger partial charge in [-0.05, 0) is 65.1 Å². The molecule has 0 saturated carbocycles. The molecule has 3 rings (SSSR count). The van der Waals surface area contributed by atoms with Crippen molar-refractivity contribution < 1.29 is 19.1 Å². The Balaban J connectivity index is 1.77. The Morgan fingerprint density at radius 3 is 2.30 bits per heavy atom. The topological polar surface area (TPSA) is 59.1 Å². The highest BCUT2D eigenvalue weighted by molar-refractivity contribution is 5.84. The van der Waals surface area contributed by atoms with E-state index in [9.17, 15) is 9.59 Å². The van der Waals surface area contributed by atoms with Crippen LogP contribution in [-0.2, 0) is 19.7 Å². The van der Waals surface area contributed by atoms with Gasteiger partial charge in [0.15, 0.2) is 0 Å². The summed E-state index contributed by atoms with van der Waals surface area (Å²) >= 11 is 0. The molecule has 30 heavy (non-hydrogen) atoms. The standard InChI is InChI=1S/C24H36N2O4/c1-18-11-14-25(5)17-20(18)29-21(27)24(19-9-7-6-8-10-19)12-15-26(16-13-24)22(28)30-23(2,3)4/h6-10,18,20H,11-17H2,1-5H3/t18?,20-/m0/s1. The lowest BCUT2D eigenvalue weighted by Crippen LogP contribution is -2.52. The Bertz CT molecular complexity index is 735. The van der Waals surface area contributed by atoms with Crippen molar-refractivity contribution in [2.24, 2.45) is 5.92 Å². The average molecular weight is 417 g/mol. The van der Waals surface area contributed by atoms with E-state index in [0.717, 1.165) is 25.1 Å². The molecule has 2 heterocycles. The molecule has 0 aromatic heterocycles. The van der Waals surface area contributed by atoms with E-state index in [-0.39, 0.29) is 18.2 Å². The molecule has 2 fully saturated rings. The fraction of sp³-hybridized carbons (Fsp3) is 0.667. The fourth-order valence-electron chi connectivity index (χ4n) is 4.36. The normalized spacial score (nSPS) is 24.9. The van der Waals surface area contributed by atoms with Crippen LogP contribution in [0, 0.1) is 5.92 Å². The molecule has 0 radical (unpaired) electrons. The minimum atomic E-state index is -0.727. The molecule has 0 spiro atoms. The van der Waals surface area contributed by atoms with Gasteiger partial charge < -0.3 is 19.3 Å². The molecule has 2 atom stereocenters. The number of rotatable bonds is 3. The first-order valence-electron chi connectivity index (χ1n) is 11.0. The highest BCUT2D eigenvalue weighted by atomic mass is 16.6. The zero-order valence-corrected chi connectivity index (χ0v) is 19.0. The molecule has 1 aromatic carbocycles. The SMILES string of the molecule is CC1CCN(C)C[C@@H]1OC(=O)C1(c2ccccc2)CCN(C(=O)OC(C)(C)C)CC1. The molecular formula is C24H36N2O4. The largest absolute Gasteiger partial charge is 0.460 e. The van der Waals surface area contributed by atoms with Crippen LogP contribution in [-0.4, -0.2) is 66.8 Å². The first-order valence-corrected chi connectivity index (χ1v) is 11.0. The number of hydrogen-bond acceptors (Lipinski definition) is 5. The monoisotopic (exact) mass is 416 g/mol. The lowest BCUT2D eigenvalue weighted by Gasteiger charge is -2.42. The van der Waals surface area contributed by atoms with Gasteiger partial charge in [-0.1, -0.05) is 37.3 Å². The summed E-state index contributed by atoms with van der Waals surface area (Å²) in [6.45, 7) is 10.5. The van der Waals surface area contributed by atoms with E-state index in [1.165, 1.54) is 0 Å². The lowest BCUT2D eigenvalue weighted by atomic mass is 9.72. The van der Waals surface area contributed by atoms with Crippen LogP contribution in [0.15, 0.2) is 30.3 Å². The number of amides is 1. The Kier molecular flexibility index (Phi) is 6.75. The van der Waals surface area contributed by atoms with Crippen molar-refractivity contribution in [2.75, 3.05) is 33.2 Å². The number of piperidine rings is 2. The van der Waals surface area contributed by atoms with E-state index >= 15 is 0 Å². The molecular weight excluding hydrogens is 380 g/mol. The number of hydrogen-bond donors (Lipinski definition) is 0. The van der Waals surface area contributed by atoms with Gasteiger partial charge in [-0.15, -0.1) is 0 Å². The van der Waals surface area contributed by atoms with Crippen molar-refractivity contribution in [2.45, 2.75) is 64.1 Å². The zero-order chi connectivity index (χ0) is 21.9. The van der Waals surface area contributed by atoms with E-state index in [0.29, 0.717) is 31.8 Å². The molecule has 1 aromatic rings. The van der Waals surface area contributed by atoms with E-state index in [1.54, 1.807) is 4.90 Å². The summed E-state index contributed by atoms with van der Waals surface area (Å²) in [5.74, 6) is 0.185. The van der Waals surface area contributed by atoms with E-state index in [1.807, 2.05) is 51.1 Å². The number of nitrogens with zero attached hydrogens (tertiary/aromatic N) is 2. The van der Waals surface area contributed by atoms with Crippen LogP contribution in [0.4, 0.5) is 4.79 Å². The Morgan fingerprint density at radius 1 is 1.07 bits per heavy atom. The summed E-state index contributed by atoms with van der Waals surface area (Å²) in [4.78, 5) is 30.0. The predicted octanol–water partition coefficient (Wildman–Crippen LogP) is 3.84. The maximum Gasteiger partial charge on any atom is 0.410 e. The number of benzene rings is 1. The molecule has 166 valence electrons. The predicted molar refractivity (Wildman–Crippen MR) is 116 cm³/mol. The fourth-order valence-corrected chi connectivity index (χ4v) is 4.36. The van der Waals surface area contributed by atoms with Crippen molar-refractivity contribution in [3.63, 3.8) is 0 Å². The second-order valence-corrected chi connectivity index (χ2v) is 9.89. The van der Waals surface area contributed by atoms with Crippen LogP contribution < -0.4 is 0 Å². The Hall–Kier alpha value is -2.08. The van der Waals surface area contributed by atoms with Crippen LogP contribution in [0.5, 0.6) is 0 Å². The average Bonchev–Trinajstić information content (AvgIpc) is 2.70. The van der Waals surface area contributed by atoms with Crippen molar-refractivity contribution in [1.82, 2.24) is 9.80 Å². The number of ether oxygens (including phenoxy) is 2. The molecule has 6 nitrogen and oxygen atoms in total. The van der Waals surface area contributed by atoms with Crippen molar-refractivity contribution in [3.8, 4) is 0 Å². The van der Waals surface area contributed by atoms with E-state index in [4.69, 9.17) is 9.47 Å². The lowest BCUT2D eigenvalue weighted by molar-refractivity contribution is -0.164. The summed E-state index contributed by atoms with van der Waals surface area (Å²) in [6, 6.07) is 9.88. The van der Waals surface area contributed by atoms with E-state index in [2.05, 4.69) is 18.9 Å². The first kappa shape index (κ1) is 22.6. The number of esters is 1. The summed E-state index contributed by atoms with van der Waals surface area (Å²) in [7, 11) is 2.07. The molecule has 1 amide bonds. The number of likely N-dealkylation sites (N-methyl/N-ethyl adjacent to an activating group) is 1. The van der Waals surface area contributed by atoms with Gasteiger partial charge in [0, 0.05) is 19.6 Å². The summed E-state index contributed by atoms with van der Waals surface area (Å²) in [6.07, 6.45) is 1.68. The van der Waals surface area contributed by atoms with Crippen LogP contribution in [0.2, 0.25) is 0 Å². The van der Waals surface area contributed by atoms with Gasteiger partial charge in [0.25, 0.3) is 0 Å². The highest BCUT2D eigenvalue weighted by Crippen LogP contribution is 2.38. The second kappa shape index (κ2) is 8.96. The Labute approximate surface area is 180 Å². The number of carbonyl (C=O) groups excluding carboxylic acids is 2. The van der Waals surface area contributed by atoms with Gasteiger partial charge in [0.05, 0.1) is 5.41 Å². The summed E-state index contributed by atoms with van der Waals surface area (Å²) in [5.41, 5.74) is -0.293. The summed E-state index contributed by atoms with van der Waals surface area (Å²) in [5, 5.41) is 0. The van der Waals surface area contributed by atoms with Gasteiger partial charge in [0.1, 0.15) is 11.7 Å². The molecule has 2 saturated heterocycles. The highest BCUT2D eigenvalue weighted by Gasteiger charge is 2.47. The van der Waals surface area contributed by atoms with E-state index < -0.39 is 11.0 Å². The molecule has 0 bridgehead atoms. The van der Waals surface area contributed by atoms with Crippen LogP contribution in [0.3, 0.4) is 0 Å². The smallest absolute Gasteiger partial charge is 0.410 e. The molecule has 2 aliphatic heterocycles. The van der Waals surface area contributed by atoms with Gasteiger partial charge in [-0.2, -0.15) is 0 Å². The quantitative estimate of drug-likeness (QED) is 0.701. The van der Waals surface area contributed by atoms with Crippen molar-refractivity contribution in [1.29, 1.82) is 0 Å². The number of likely N-dealkylation sites (tertiary alicyclic amines) is 2. The molecule has 2 aliphatic rings. The van der Waals surface area contributed by atoms with Gasteiger partial charge in [0.2, 0.25) is 0 Å². The minimum Gasteiger partial charge on any atom is -0.460 e. The third-order valence-corrected chi connectivity index (χ3v) is 6.34. The van der Waals surface area contributed by atoms with Gasteiger partial charge in [-0.25, -0.2) is 4.79 Å². The zero-order valence-electron chi connectivity index (χ0n) is 19.0. The molecule has 0 N–H and O–H groups in total. The molecule has 0 aliphatic carbocycles. The van der Waals surface area contributed by atoms with Crippen molar-refractivity contribution >= 4 is 12.1 Å². The van der Waals surface area contributed by atoms with Crippen LogP contribution in [0.25, 0.3) is 0 Å². The maximum absolute atomic E-state index is 13.6. The molecule has 6 heteroatoms. The van der Waals surface area contributed by atoms with Crippen LogP contribution >= 0.6 is 0 Å². The van der Waals surface area contributed by atoms with Crippen molar-refractivity contribution in [3.05, 3.63) is 35.9 Å². The minimum absolute atomic E-state index is 0.0966. The van der Waals surface area contributed by atoms with Gasteiger partial charge >= 0.3 is 12.1 Å². The third kappa shape index (κ3) is 5.15.